The predicted molar refractivity (Wildman–Crippen MR) is 82.3 cm³/mol. The minimum atomic E-state index is -1.55. The molecule has 0 aliphatic rings. The van der Waals surface area contributed by atoms with E-state index in [1.54, 1.807) is 0 Å². The van der Waals surface area contributed by atoms with E-state index in [9.17, 15) is 24.6 Å². The van der Waals surface area contributed by atoms with Gasteiger partial charge in [0.05, 0.1) is 18.2 Å². The minimum Gasteiger partial charge on any atom is -0.480 e. The highest BCUT2D eigenvalue weighted by molar-refractivity contribution is 5.92. The Morgan fingerprint density at radius 2 is 1.35 bits per heavy atom. The molecule has 0 heterocycles. The first kappa shape index (κ1) is 21.3. The highest BCUT2D eigenvalue weighted by atomic mass is 16.4. The number of carboxylic acids is 1. The Labute approximate surface area is 135 Å². The molecule has 0 unspecified atom stereocenters. The molecule has 0 spiro atoms. The van der Waals surface area contributed by atoms with Crippen molar-refractivity contribution in [2.24, 2.45) is 11.7 Å². The van der Waals surface area contributed by atoms with Gasteiger partial charge in [-0.25, -0.2) is 4.79 Å². The van der Waals surface area contributed by atoms with Gasteiger partial charge in [-0.05, 0) is 26.2 Å². The van der Waals surface area contributed by atoms with Crippen molar-refractivity contribution in [3.63, 3.8) is 0 Å². The van der Waals surface area contributed by atoms with E-state index < -0.39 is 48.1 Å². The van der Waals surface area contributed by atoms with Gasteiger partial charge in [0, 0.05) is 0 Å². The number of hydrogen-bond acceptors (Lipinski definition) is 6. The Bertz CT molecular complexity index is 425. The largest absolute Gasteiger partial charge is 0.480 e. The lowest BCUT2D eigenvalue weighted by Gasteiger charge is -2.25. The van der Waals surface area contributed by atoms with Gasteiger partial charge in [0.2, 0.25) is 11.8 Å². The lowest BCUT2D eigenvalue weighted by atomic mass is 10.0. The van der Waals surface area contributed by atoms with E-state index in [0.717, 1.165) is 0 Å². The number of aliphatic hydroxyl groups excluding tert-OH is 2. The quantitative estimate of drug-likeness (QED) is 0.289. The molecule has 2 amide bonds. The number of nitrogens with two attached hydrogens (primary N) is 1. The molecule has 0 saturated heterocycles. The van der Waals surface area contributed by atoms with Crippen LogP contribution < -0.4 is 16.4 Å². The number of amides is 2. The summed E-state index contributed by atoms with van der Waals surface area (Å²) >= 11 is 0. The molecule has 0 aromatic rings. The number of aliphatic carboxylic acids is 1. The lowest BCUT2D eigenvalue weighted by Crippen LogP contribution is -2.59. The van der Waals surface area contributed by atoms with Crippen molar-refractivity contribution in [2.75, 3.05) is 0 Å². The zero-order chi connectivity index (χ0) is 18.3. The molecule has 5 atom stereocenters. The Kier molecular flexibility index (Phi) is 8.73. The van der Waals surface area contributed by atoms with E-state index in [-0.39, 0.29) is 5.92 Å². The molecule has 0 aliphatic carbocycles. The lowest BCUT2D eigenvalue weighted by molar-refractivity contribution is -0.145. The summed E-state index contributed by atoms with van der Waals surface area (Å²) in [5.74, 6) is -2.80. The summed E-state index contributed by atoms with van der Waals surface area (Å²) in [6.45, 7) is 6.24. The topological polar surface area (TPSA) is 162 Å². The van der Waals surface area contributed by atoms with Crippen LogP contribution >= 0.6 is 0 Å². The van der Waals surface area contributed by atoms with Gasteiger partial charge in [-0.3, -0.25) is 9.59 Å². The van der Waals surface area contributed by atoms with Gasteiger partial charge in [0.25, 0.3) is 0 Å². The third kappa shape index (κ3) is 7.40. The molecule has 23 heavy (non-hydrogen) atoms. The molecule has 0 fully saturated rings. The third-order valence-electron chi connectivity index (χ3n) is 3.17. The van der Waals surface area contributed by atoms with Crippen LogP contribution in [-0.2, 0) is 14.4 Å². The number of hydrogen-bond donors (Lipinski definition) is 6. The van der Waals surface area contributed by atoms with E-state index in [2.05, 4.69) is 10.6 Å². The van der Waals surface area contributed by atoms with E-state index in [4.69, 9.17) is 10.8 Å². The maximum absolute atomic E-state index is 12.1. The molecular weight excluding hydrogens is 306 g/mol. The molecule has 0 rings (SSSR count). The van der Waals surface area contributed by atoms with Crippen molar-refractivity contribution in [3.8, 4) is 0 Å². The van der Waals surface area contributed by atoms with Gasteiger partial charge in [-0.1, -0.05) is 13.8 Å². The molecule has 9 heteroatoms. The summed E-state index contributed by atoms with van der Waals surface area (Å²) in [4.78, 5) is 35.0. The Hall–Kier alpha value is -1.71. The van der Waals surface area contributed by atoms with E-state index in [1.807, 2.05) is 13.8 Å². The van der Waals surface area contributed by atoms with Crippen molar-refractivity contribution in [1.82, 2.24) is 10.6 Å². The van der Waals surface area contributed by atoms with E-state index in [1.165, 1.54) is 13.8 Å². The summed E-state index contributed by atoms with van der Waals surface area (Å²) in [5.41, 5.74) is 5.70. The number of carbonyl (C=O) groups is 3. The second-order valence-corrected chi connectivity index (χ2v) is 6.03. The molecule has 134 valence electrons. The fraction of sp³-hybridized carbons (Fsp3) is 0.786. The summed E-state index contributed by atoms with van der Waals surface area (Å²) in [7, 11) is 0. The SMILES string of the molecule is CC(C)C[C@H](N)C(=O)N[C@H](C(=O)N[C@H](C(=O)O)[C@@H](C)O)[C@@H](C)O. The molecule has 0 radical (unpaired) electrons. The fourth-order valence-corrected chi connectivity index (χ4v) is 1.91. The molecule has 0 aromatic carbocycles. The summed E-state index contributed by atoms with van der Waals surface area (Å²) in [6.07, 6.45) is -2.22. The maximum atomic E-state index is 12.1. The number of carboxylic acid groups (broad SMARTS) is 1. The fourth-order valence-electron chi connectivity index (χ4n) is 1.91. The van der Waals surface area contributed by atoms with Crippen LogP contribution in [0.4, 0.5) is 0 Å². The zero-order valence-electron chi connectivity index (χ0n) is 13.8. The first-order valence-corrected chi connectivity index (χ1v) is 7.42. The van der Waals surface area contributed by atoms with Crippen LogP contribution in [0.25, 0.3) is 0 Å². The van der Waals surface area contributed by atoms with Crippen LogP contribution in [0.5, 0.6) is 0 Å². The van der Waals surface area contributed by atoms with Crippen LogP contribution in [0.15, 0.2) is 0 Å². The second kappa shape index (κ2) is 9.43. The van der Waals surface area contributed by atoms with Crippen molar-refractivity contribution >= 4 is 17.8 Å². The first-order valence-electron chi connectivity index (χ1n) is 7.42. The molecular formula is C14H27N3O6. The second-order valence-electron chi connectivity index (χ2n) is 6.03. The van der Waals surface area contributed by atoms with Crippen molar-refractivity contribution in [3.05, 3.63) is 0 Å². The Balaban J connectivity index is 4.94. The van der Waals surface area contributed by atoms with Crippen LogP contribution in [0.1, 0.15) is 34.1 Å². The van der Waals surface area contributed by atoms with Crippen molar-refractivity contribution in [1.29, 1.82) is 0 Å². The predicted octanol–water partition coefficient (Wildman–Crippen LogP) is -1.82. The van der Waals surface area contributed by atoms with Crippen LogP contribution in [0.3, 0.4) is 0 Å². The average molecular weight is 333 g/mol. The molecule has 0 bridgehead atoms. The molecule has 7 N–H and O–H groups in total. The van der Waals surface area contributed by atoms with Crippen molar-refractivity contribution < 1.29 is 29.7 Å². The third-order valence-corrected chi connectivity index (χ3v) is 3.17. The van der Waals surface area contributed by atoms with Crippen LogP contribution in [-0.4, -0.2) is 63.4 Å². The number of nitrogens with one attached hydrogen (secondary N) is 2. The van der Waals surface area contributed by atoms with Gasteiger partial charge in [0.15, 0.2) is 6.04 Å². The Morgan fingerprint density at radius 1 is 0.913 bits per heavy atom. The van der Waals surface area contributed by atoms with Crippen LogP contribution in [0.2, 0.25) is 0 Å². The van der Waals surface area contributed by atoms with Gasteiger partial charge in [0.1, 0.15) is 6.04 Å². The number of carbonyl (C=O) groups excluding carboxylic acids is 2. The standard InChI is InChI=1S/C14H27N3O6/c1-6(2)5-9(15)12(20)16-10(7(3)18)13(21)17-11(8(4)19)14(22)23/h6-11,18-19H,5,15H2,1-4H3,(H,16,20)(H,17,21)(H,22,23)/t7-,8-,9+,10+,11+/m1/s1. The first-order chi connectivity index (χ1) is 10.5. The van der Waals surface area contributed by atoms with Gasteiger partial charge in [-0.15, -0.1) is 0 Å². The summed E-state index contributed by atoms with van der Waals surface area (Å²) < 4.78 is 0. The maximum Gasteiger partial charge on any atom is 0.328 e. The molecule has 0 aromatic heterocycles. The normalized spacial score (nSPS) is 17.7. The highest BCUT2D eigenvalue weighted by Gasteiger charge is 2.32. The van der Waals surface area contributed by atoms with Crippen molar-refractivity contribution in [2.45, 2.75) is 64.4 Å². The smallest absolute Gasteiger partial charge is 0.328 e. The molecule has 0 saturated carbocycles. The van der Waals surface area contributed by atoms with E-state index >= 15 is 0 Å². The monoisotopic (exact) mass is 333 g/mol. The van der Waals surface area contributed by atoms with Gasteiger partial charge in [-0.2, -0.15) is 0 Å². The highest BCUT2D eigenvalue weighted by Crippen LogP contribution is 2.04. The van der Waals surface area contributed by atoms with Gasteiger partial charge >= 0.3 is 5.97 Å². The van der Waals surface area contributed by atoms with Crippen LogP contribution in [0, 0.1) is 5.92 Å². The molecule has 9 nitrogen and oxygen atoms in total. The number of rotatable bonds is 9. The Morgan fingerprint density at radius 3 is 1.70 bits per heavy atom. The average Bonchev–Trinajstić information content (AvgIpc) is 2.39. The minimum absolute atomic E-state index is 0.168. The molecule has 0 aliphatic heterocycles. The summed E-state index contributed by atoms with van der Waals surface area (Å²) in [5, 5.41) is 32.3. The summed E-state index contributed by atoms with van der Waals surface area (Å²) in [6, 6.07) is -3.78. The number of aliphatic hydroxyl groups is 2. The van der Waals surface area contributed by atoms with Gasteiger partial charge < -0.3 is 31.7 Å². The van der Waals surface area contributed by atoms with E-state index in [0.29, 0.717) is 6.42 Å². The zero-order valence-corrected chi connectivity index (χ0v) is 13.8.